The van der Waals surface area contributed by atoms with Crippen molar-refractivity contribution >= 4 is 66.4 Å². The van der Waals surface area contributed by atoms with Crippen molar-refractivity contribution < 1.29 is 4.57 Å². The molecule has 6 heteroatoms. The maximum absolute atomic E-state index is 16.7. The lowest BCUT2D eigenvalue weighted by Crippen LogP contribution is -2.48. The zero-order valence-corrected chi connectivity index (χ0v) is 36.4. The molecule has 0 aliphatic carbocycles. The minimum atomic E-state index is -3.47. The molecular formula is C60H37N4OP. The fourth-order valence-corrected chi connectivity index (χ4v) is 14.4. The fourth-order valence-electron chi connectivity index (χ4n) is 11.2. The summed E-state index contributed by atoms with van der Waals surface area (Å²) in [4.78, 5) is 15.9. The van der Waals surface area contributed by atoms with E-state index in [1.807, 2.05) is 36.4 Å². The summed E-state index contributed by atoms with van der Waals surface area (Å²) in [7, 11) is -3.47. The molecule has 308 valence electrons. The van der Waals surface area contributed by atoms with Crippen LogP contribution in [0.2, 0.25) is 0 Å². The second-order valence-electron chi connectivity index (χ2n) is 17.4. The molecule has 2 aliphatic heterocycles. The van der Waals surface area contributed by atoms with Gasteiger partial charge in [0.2, 0.25) is 0 Å². The maximum Gasteiger partial charge on any atom is 0.171 e. The predicted molar refractivity (Wildman–Crippen MR) is 270 cm³/mol. The topological polar surface area (TPSA) is 60.7 Å². The third kappa shape index (κ3) is 5.06. The predicted octanol–water partition coefficient (Wildman–Crippen LogP) is 12.9. The maximum atomic E-state index is 16.7. The molecule has 2 aliphatic rings. The number of hydrogen-bond acceptors (Lipinski definition) is 4. The monoisotopic (exact) mass is 860 g/mol. The Morgan fingerprint density at radius 3 is 1.61 bits per heavy atom. The summed E-state index contributed by atoms with van der Waals surface area (Å²) < 4.78 is 19.2. The minimum absolute atomic E-state index is 0.541. The van der Waals surface area contributed by atoms with Crippen LogP contribution in [0.1, 0.15) is 22.3 Å². The van der Waals surface area contributed by atoms with Crippen molar-refractivity contribution in [3.05, 3.63) is 247 Å². The molecule has 10 aromatic carbocycles. The summed E-state index contributed by atoms with van der Waals surface area (Å²) >= 11 is 0. The van der Waals surface area contributed by atoms with E-state index in [2.05, 4.69) is 193 Å². The van der Waals surface area contributed by atoms with Crippen LogP contribution in [-0.2, 0) is 9.98 Å². The number of rotatable bonds is 4. The van der Waals surface area contributed by atoms with E-state index in [1.54, 1.807) is 0 Å². The normalized spacial score (nSPS) is 17.0. The van der Waals surface area contributed by atoms with Crippen LogP contribution in [0.25, 0.3) is 83.2 Å². The Morgan fingerprint density at radius 2 is 0.894 bits per heavy atom. The third-order valence-electron chi connectivity index (χ3n) is 14.1. The number of fused-ring (bicyclic) bond motifs is 13. The molecule has 0 saturated carbocycles. The Labute approximate surface area is 380 Å². The van der Waals surface area contributed by atoms with Crippen molar-refractivity contribution in [3.8, 4) is 39.9 Å². The summed E-state index contributed by atoms with van der Waals surface area (Å²) in [5.41, 5.74) is 9.39. The van der Waals surface area contributed by atoms with E-state index in [9.17, 15) is 0 Å². The molecule has 12 aromatic rings. The van der Waals surface area contributed by atoms with Gasteiger partial charge in [-0.1, -0.05) is 188 Å². The van der Waals surface area contributed by atoms with E-state index >= 15 is 4.57 Å². The average molecular weight is 861 g/mol. The van der Waals surface area contributed by atoms with Crippen molar-refractivity contribution in [1.82, 2.24) is 19.5 Å². The first-order valence-electron chi connectivity index (χ1n) is 22.4. The first-order valence-corrected chi connectivity index (χ1v) is 24.1. The standard InChI is InChI=1S/C60H37N4OP/c65-66(45-19-2-1-3-20-45)54-28-13-10-24-49(54)60(48-23-9-12-27-53(48)64-52-26-11-8-21-46(52)47-22-14-25-50(60)56(47)64)51-37-44(33-34-55(51)66)59-62-57(42-31-29-38-15-4-6-17-40(38)35-42)61-58(63-59)43-32-30-39-16-5-7-18-41(39)36-43/h1-37H. The number of para-hydroxylation sites is 3. The van der Waals surface area contributed by atoms with Crippen molar-refractivity contribution in [2.45, 2.75) is 5.41 Å². The molecule has 2 unspecified atom stereocenters. The molecule has 2 aromatic heterocycles. The molecule has 14 rings (SSSR count). The molecule has 4 heterocycles. The Hall–Kier alpha value is -8.24. The molecule has 0 amide bonds. The molecular weight excluding hydrogens is 824 g/mol. The van der Waals surface area contributed by atoms with Crippen LogP contribution in [0.5, 0.6) is 0 Å². The van der Waals surface area contributed by atoms with Crippen LogP contribution < -0.4 is 15.9 Å². The smallest absolute Gasteiger partial charge is 0.171 e. The van der Waals surface area contributed by atoms with Gasteiger partial charge in [0, 0.05) is 43.4 Å². The highest BCUT2D eigenvalue weighted by molar-refractivity contribution is 7.85. The molecule has 66 heavy (non-hydrogen) atoms. The lowest BCUT2D eigenvalue weighted by atomic mass is 9.62. The van der Waals surface area contributed by atoms with Gasteiger partial charge in [-0.25, -0.2) is 15.0 Å². The number of benzene rings is 10. The summed E-state index contributed by atoms with van der Waals surface area (Å²) in [5.74, 6) is 1.71. The van der Waals surface area contributed by atoms with Gasteiger partial charge < -0.3 is 9.13 Å². The van der Waals surface area contributed by atoms with Gasteiger partial charge in [0.25, 0.3) is 0 Å². The van der Waals surface area contributed by atoms with E-state index < -0.39 is 12.6 Å². The second-order valence-corrected chi connectivity index (χ2v) is 20.1. The summed E-state index contributed by atoms with van der Waals surface area (Å²) in [6.07, 6.45) is 0. The lowest BCUT2D eigenvalue weighted by Gasteiger charge is -2.47. The van der Waals surface area contributed by atoms with Gasteiger partial charge in [-0.15, -0.1) is 0 Å². The van der Waals surface area contributed by atoms with E-state index in [-0.39, 0.29) is 0 Å². The van der Waals surface area contributed by atoms with Crippen molar-refractivity contribution in [2.24, 2.45) is 0 Å². The van der Waals surface area contributed by atoms with E-state index in [0.717, 1.165) is 93.1 Å². The molecule has 0 bridgehead atoms. The third-order valence-corrected chi connectivity index (χ3v) is 17.2. The highest BCUT2D eigenvalue weighted by Crippen LogP contribution is 2.61. The molecule has 0 N–H and O–H groups in total. The number of hydrogen-bond donors (Lipinski definition) is 0. The molecule has 5 nitrogen and oxygen atoms in total. The van der Waals surface area contributed by atoms with Crippen LogP contribution in [-0.4, -0.2) is 19.5 Å². The number of nitrogens with zero attached hydrogens (tertiary/aromatic N) is 4. The SMILES string of the molecule is O=P1(c2ccccc2)c2ccccc2C2(c3ccccc3-n3c4ccccc4c4cccc2c43)c2cc(-c3nc(-c4ccc5ccccc5c4)nc(-c4ccc5ccccc5c4)n3)ccc21. The van der Waals surface area contributed by atoms with Gasteiger partial charge in [-0.3, -0.25) is 0 Å². The second kappa shape index (κ2) is 13.9. The largest absolute Gasteiger partial charge is 0.309 e. The highest BCUT2D eigenvalue weighted by atomic mass is 31.2. The lowest BCUT2D eigenvalue weighted by molar-refractivity contribution is 0.590. The minimum Gasteiger partial charge on any atom is -0.309 e. The van der Waals surface area contributed by atoms with Gasteiger partial charge in [0.15, 0.2) is 24.6 Å². The quantitative estimate of drug-likeness (QED) is 0.165. The van der Waals surface area contributed by atoms with Crippen LogP contribution in [0, 0.1) is 0 Å². The first-order chi connectivity index (χ1) is 32.6. The van der Waals surface area contributed by atoms with Gasteiger partial charge in [-0.2, -0.15) is 0 Å². The highest BCUT2D eigenvalue weighted by Gasteiger charge is 2.54. The molecule has 0 fully saturated rings. The van der Waals surface area contributed by atoms with Gasteiger partial charge in [0.05, 0.1) is 22.1 Å². The molecule has 1 spiro atoms. The van der Waals surface area contributed by atoms with E-state index in [4.69, 9.17) is 15.0 Å². The summed E-state index contributed by atoms with van der Waals surface area (Å²) in [6.45, 7) is 0. The zero-order chi connectivity index (χ0) is 43.6. The fraction of sp³-hybridized carbons (Fsp3) is 0.0167. The van der Waals surface area contributed by atoms with Gasteiger partial charge >= 0.3 is 0 Å². The van der Waals surface area contributed by atoms with Crippen LogP contribution in [0.15, 0.2) is 224 Å². The van der Waals surface area contributed by atoms with Crippen molar-refractivity contribution in [3.63, 3.8) is 0 Å². The van der Waals surface area contributed by atoms with Crippen LogP contribution in [0.3, 0.4) is 0 Å². The van der Waals surface area contributed by atoms with Crippen molar-refractivity contribution in [2.75, 3.05) is 0 Å². The van der Waals surface area contributed by atoms with Gasteiger partial charge in [-0.05, 0) is 80.2 Å². The Morgan fingerprint density at radius 1 is 0.379 bits per heavy atom. The Bertz CT molecular complexity index is 3970. The van der Waals surface area contributed by atoms with Crippen molar-refractivity contribution in [1.29, 1.82) is 0 Å². The summed E-state index contributed by atoms with van der Waals surface area (Å²) in [5, 5.41) is 9.36. The average Bonchev–Trinajstić information content (AvgIpc) is 3.73. The van der Waals surface area contributed by atoms with Gasteiger partial charge in [0.1, 0.15) is 0 Å². The Balaban J connectivity index is 1.10. The van der Waals surface area contributed by atoms with E-state index in [1.165, 1.54) is 10.8 Å². The number of aromatic nitrogens is 4. The Kier molecular flexibility index (Phi) is 7.82. The molecule has 2 atom stereocenters. The molecule has 0 saturated heterocycles. The van der Waals surface area contributed by atoms with Crippen LogP contribution >= 0.6 is 7.14 Å². The van der Waals surface area contributed by atoms with E-state index in [0.29, 0.717) is 17.5 Å². The summed E-state index contributed by atoms with van der Waals surface area (Å²) in [6, 6.07) is 78.7. The molecule has 0 radical (unpaired) electrons. The first kappa shape index (κ1) is 37.2. The van der Waals surface area contributed by atoms with Crippen LogP contribution in [0.4, 0.5) is 0 Å². The zero-order valence-electron chi connectivity index (χ0n) is 35.5.